The number of carbonyl (C=O) groups is 1. The van der Waals surface area contributed by atoms with Crippen LogP contribution in [0.4, 0.5) is 0 Å². The largest absolute Gasteiger partial charge is 0.481 e. The minimum atomic E-state index is -0.741. The third-order valence-corrected chi connectivity index (χ3v) is 5.89. The molecule has 0 bridgehead atoms. The van der Waals surface area contributed by atoms with Crippen molar-refractivity contribution in [1.29, 1.82) is 0 Å². The van der Waals surface area contributed by atoms with E-state index in [0.29, 0.717) is 30.1 Å². The Balaban J connectivity index is 2.87. The van der Waals surface area contributed by atoms with E-state index in [9.17, 15) is 4.79 Å². The molecule has 146 valence electrons. The number of unbranched alkanes of at least 4 members (excludes halogenated alkanes) is 1. The second kappa shape index (κ2) is 8.33. The first-order chi connectivity index (χ1) is 11.4. The van der Waals surface area contributed by atoms with E-state index < -0.39 is 17.4 Å². The fraction of sp³-hybridized carbons (Fsp3) is 0.842. The van der Waals surface area contributed by atoms with Crippen LogP contribution in [-0.2, 0) is 18.7 Å². The summed E-state index contributed by atoms with van der Waals surface area (Å²) >= 11 is 0. The van der Waals surface area contributed by atoms with Crippen molar-refractivity contribution >= 4 is 16.5 Å². The molecule has 1 heterocycles. The van der Waals surface area contributed by atoms with Gasteiger partial charge in [0, 0.05) is 11.8 Å². The molecule has 0 unspecified atom stereocenters. The molecule has 1 rings (SSSR count). The predicted octanol–water partition coefficient (Wildman–Crippen LogP) is 3.06. The van der Waals surface area contributed by atoms with Gasteiger partial charge in [0.15, 0.2) is 5.79 Å². The van der Waals surface area contributed by atoms with Crippen molar-refractivity contribution in [2.75, 3.05) is 13.2 Å². The molecule has 0 radical (unpaired) electrons. The van der Waals surface area contributed by atoms with Crippen LogP contribution in [0.15, 0.2) is 12.2 Å². The zero-order valence-corrected chi connectivity index (χ0v) is 19.0. The summed E-state index contributed by atoms with van der Waals surface area (Å²) in [5.41, 5.74) is -0.646. The van der Waals surface area contributed by atoms with E-state index in [1.165, 1.54) is 0 Å². The molecule has 1 N–H and O–H groups in total. The van der Waals surface area contributed by atoms with Gasteiger partial charge in [-0.25, -0.2) is 0 Å². The van der Waals surface area contributed by atoms with E-state index in [1.54, 1.807) is 0 Å². The van der Waals surface area contributed by atoms with Crippen LogP contribution in [0.1, 0.15) is 67.2 Å². The summed E-state index contributed by atoms with van der Waals surface area (Å²) in [4.78, 5) is 10.6. The van der Waals surface area contributed by atoms with E-state index in [-0.39, 0.29) is 17.3 Å². The maximum atomic E-state index is 10.6. The zero-order valence-electron chi connectivity index (χ0n) is 17.0. The summed E-state index contributed by atoms with van der Waals surface area (Å²) in [6.45, 7) is 14.0. The fourth-order valence-electron chi connectivity index (χ4n) is 3.51. The highest BCUT2D eigenvalue weighted by Gasteiger charge is 2.59. The molecule has 0 aromatic carbocycles. The molecule has 0 aromatic rings. The third-order valence-electron chi connectivity index (χ3n) is 5.60. The summed E-state index contributed by atoms with van der Waals surface area (Å²) in [6.07, 6.45) is 6.71. The Morgan fingerprint density at radius 3 is 2.44 bits per heavy atom. The lowest BCUT2D eigenvalue weighted by Crippen LogP contribution is -2.66. The van der Waals surface area contributed by atoms with Crippen LogP contribution in [0.2, 0.25) is 0 Å². The number of rotatable bonds is 8. The number of carboxylic acids is 1. The topological polar surface area (TPSA) is 65.0 Å². The summed E-state index contributed by atoms with van der Waals surface area (Å²) < 4.78 is 18.1. The Kier molecular flexibility index (Phi) is 7.45. The van der Waals surface area contributed by atoms with Gasteiger partial charge in [-0.2, -0.15) is 0 Å². The van der Waals surface area contributed by atoms with E-state index in [2.05, 4.69) is 46.8 Å². The van der Waals surface area contributed by atoms with Crippen LogP contribution in [0.25, 0.3) is 0 Å². The monoisotopic (exact) mass is 372 g/mol. The first kappa shape index (κ1) is 22.3. The maximum Gasteiger partial charge on any atom is 0.303 e. The van der Waals surface area contributed by atoms with Gasteiger partial charge < -0.3 is 19.0 Å². The van der Waals surface area contributed by atoms with Crippen molar-refractivity contribution in [3.8, 4) is 0 Å². The molecular weight excluding hydrogens is 336 g/mol. The second-order valence-corrected chi connectivity index (χ2v) is 9.34. The molecule has 1 aliphatic heterocycles. The number of ether oxygens (including phenoxy) is 2. The minimum absolute atomic E-state index is 0.0743. The van der Waals surface area contributed by atoms with E-state index in [1.807, 2.05) is 6.92 Å². The van der Waals surface area contributed by atoms with E-state index >= 15 is 0 Å². The van der Waals surface area contributed by atoms with Crippen LogP contribution in [-0.4, -0.2) is 46.2 Å². The Hall–Kier alpha value is -0.693. The molecule has 1 aliphatic rings. The molecule has 1 saturated heterocycles. The summed E-state index contributed by atoms with van der Waals surface area (Å²) in [7, 11) is 0.655. The SMILES string of the molecule is CC(C)(C)[C@@]1(C)O[C@](C)(CO[SiH3])OC[C@]1(C)C/C=C\CCCC(=O)O. The van der Waals surface area contributed by atoms with Crippen molar-refractivity contribution < 1.29 is 23.8 Å². The van der Waals surface area contributed by atoms with Crippen LogP contribution in [0.3, 0.4) is 0 Å². The lowest BCUT2D eigenvalue weighted by molar-refractivity contribution is -0.385. The Morgan fingerprint density at radius 1 is 1.28 bits per heavy atom. The number of hydrogen-bond acceptors (Lipinski definition) is 4. The van der Waals surface area contributed by atoms with E-state index in [4.69, 9.17) is 19.0 Å². The molecule has 0 spiro atoms. The normalized spacial score (nSPS) is 33.8. The van der Waals surface area contributed by atoms with Gasteiger partial charge in [-0.15, -0.1) is 0 Å². The molecular formula is C19H36O5Si. The highest BCUT2D eigenvalue weighted by Crippen LogP contribution is 2.54. The van der Waals surface area contributed by atoms with Gasteiger partial charge in [0.2, 0.25) is 0 Å². The smallest absolute Gasteiger partial charge is 0.303 e. The molecule has 0 saturated carbocycles. The highest BCUT2D eigenvalue weighted by atomic mass is 28.2. The van der Waals surface area contributed by atoms with Crippen molar-refractivity contribution in [3.05, 3.63) is 12.2 Å². The molecule has 25 heavy (non-hydrogen) atoms. The van der Waals surface area contributed by atoms with Crippen LogP contribution < -0.4 is 0 Å². The van der Waals surface area contributed by atoms with Gasteiger partial charge in [-0.1, -0.05) is 39.8 Å². The van der Waals surface area contributed by atoms with Crippen LogP contribution in [0.5, 0.6) is 0 Å². The van der Waals surface area contributed by atoms with Crippen molar-refractivity contribution in [1.82, 2.24) is 0 Å². The Bertz CT molecular complexity index is 487. The first-order valence-electron chi connectivity index (χ1n) is 9.09. The van der Waals surface area contributed by atoms with Crippen LogP contribution in [0, 0.1) is 10.8 Å². The molecule has 0 aliphatic carbocycles. The second-order valence-electron chi connectivity index (χ2n) is 8.76. The fourth-order valence-corrected chi connectivity index (χ4v) is 4.04. The first-order valence-corrected chi connectivity index (χ1v) is 9.91. The zero-order chi connectivity index (χ0) is 19.4. The molecule has 6 heteroatoms. The van der Waals surface area contributed by atoms with Crippen molar-refractivity contribution in [3.63, 3.8) is 0 Å². The molecule has 1 fully saturated rings. The summed E-state index contributed by atoms with van der Waals surface area (Å²) in [5.74, 6) is -1.45. The lowest BCUT2D eigenvalue weighted by Gasteiger charge is -2.60. The number of aliphatic carboxylic acids is 1. The molecule has 3 atom stereocenters. The summed E-state index contributed by atoms with van der Waals surface area (Å²) in [6, 6.07) is 0. The Morgan fingerprint density at radius 2 is 1.92 bits per heavy atom. The minimum Gasteiger partial charge on any atom is -0.481 e. The van der Waals surface area contributed by atoms with Gasteiger partial charge in [0.05, 0.1) is 18.8 Å². The predicted molar refractivity (Wildman–Crippen MR) is 103 cm³/mol. The molecule has 5 nitrogen and oxygen atoms in total. The number of allylic oxidation sites excluding steroid dienone is 2. The van der Waals surface area contributed by atoms with Gasteiger partial charge in [-0.3, -0.25) is 4.79 Å². The summed E-state index contributed by atoms with van der Waals surface area (Å²) in [5, 5.41) is 8.70. The molecule has 0 amide bonds. The molecule has 0 aromatic heterocycles. The Labute approximate surface area is 155 Å². The quantitative estimate of drug-likeness (QED) is 0.403. The third kappa shape index (κ3) is 5.39. The number of carboxylic acid groups (broad SMARTS) is 1. The lowest BCUT2D eigenvalue weighted by atomic mass is 9.60. The van der Waals surface area contributed by atoms with E-state index in [0.717, 1.165) is 12.8 Å². The average molecular weight is 373 g/mol. The van der Waals surface area contributed by atoms with Gasteiger partial charge in [0.25, 0.3) is 0 Å². The van der Waals surface area contributed by atoms with Gasteiger partial charge in [0.1, 0.15) is 10.5 Å². The van der Waals surface area contributed by atoms with Crippen molar-refractivity contribution in [2.45, 2.75) is 78.6 Å². The van der Waals surface area contributed by atoms with Crippen molar-refractivity contribution in [2.24, 2.45) is 10.8 Å². The standard InChI is InChI=1S/C19H36O5Si/c1-16(2,3)19(6)17(4,12-10-8-7-9-11-15(20)21)13-22-18(5,24-19)14-23-25/h8,10H,7,9,11-14H2,1-6,25H3,(H,20,21)/b10-8-/t17-,18+,19+/m0/s1. The maximum absolute atomic E-state index is 10.6. The van der Waals surface area contributed by atoms with Gasteiger partial charge >= 0.3 is 5.97 Å². The average Bonchev–Trinajstić information content (AvgIpc) is 2.46. The number of hydrogen-bond donors (Lipinski definition) is 1. The van der Waals surface area contributed by atoms with Gasteiger partial charge in [-0.05, 0) is 38.5 Å². The highest BCUT2D eigenvalue weighted by molar-refractivity contribution is 5.97. The van der Waals surface area contributed by atoms with Crippen LogP contribution >= 0.6 is 0 Å².